The first kappa shape index (κ1) is 13.5. The van der Waals surface area contributed by atoms with Gasteiger partial charge in [0.15, 0.2) is 0 Å². The number of nitrogens with two attached hydrogens (primary N) is 1. The van der Waals surface area contributed by atoms with Gasteiger partial charge in [0.1, 0.15) is 5.82 Å². The molecule has 0 fully saturated rings. The van der Waals surface area contributed by atoms with Crippen LogP contribution in [0.25, 0.3) is 0 Å². The summed E-state index contributed by atoms with van der Waals surface area (Å²) in [4.78, 5) is 18.0. The number of carbonyl (C=O) groups is 1. The van der Waals surface area contributed by atoms with Gasteiger partial charge in [0.2, 0.25) is 0 Å². The summed E-state index contributed by atoms with van der Waals surface area (Å²) in [5, 5.41) is 2.87. The van der Waals surface area contributed by atoms with E-state index < -0.39 is 5.82 Å². The third-order valence-corrected chi connectivity index (χ3v) is 3.48. The van der Waals surface area contributed by atoms with Crippen LogP contribution < -0.4 is 5.73 Å². The number of nitrogen functional groups attached to an aromatic ring is 1. The van der Waals surface area contributed by atoms with Crippen LogP contribution in [0.3, 0.4) is 0 Å². The zero-order valence-corrected chi connectivity index (χ0v) is 11.5. The van der Waals surface area contributed by atoms with Crippen molar-refractivity contribution in [3.05, 3.63) is 45.7 Å². The van der Waals surface area contributed by atoms with Crippen molar-refractivity contribution in [1.29, 1.82) is 0 Å². The minimum Gasteiger partial charge on any atom is -0.396 e. The number of carbonyl (C=O) groups excluding carboxylic acids is 1. The van der Waals surface area contributed by atoms with Crippen LogP contribution in [-0.4, -0.2) is 22.8 Å². The van der Waals surface area contributed by atoms with Gasteiger partial charge in [-0.1, -0.05) is 0 Å². The molecule has 0 spiro atoms. The molecule has 0 atom stereocenters. The van der Waals surface area contributed by atoms with Gasteiger partial charge in [0.05, 0.1) is 22.9 Å². The molecule has 4 nitrogen and oxygen atoms in total. The fourth-order valence-corrected chi connectivity index (χ4v) is 2.30. The van der Waals surface area contributed by atoms with Crippen LogP contribution in [0, 0.1) is 12.7 Å². The molecule has 0 aliphatic heterocycles. The lowest BCUT2D eigenvalue weighted by molar-refractivity contribution is 0.0783. The van der Waals surface area contributed by atoms with Crippen LogP contribution in [0.5, 0.6) is 0 Å². The summed E-state index contributed by atoms with van der Waals surface area (Å²) < 4.78 is 13.1. The molecule has 2 N–H and O–H groups in total. The molecule has 1 aromatic heterocycles. The van der Waals surface area contributed by atoms with Gasteiger partial charge >= 0.3 is 0 Å². The highest BCUT2D eigenvalue weighted by Gasteiger charge is 2.14. The Bertz CT molecular complexity index is 612. The summed E-state index contributed by atoms with van der Waals surface area (Å²) in [5.74, 6) is -0.730. The second-order valence-electron chi connectivity index (χ2n) is 4.26. The van der Waals surface area contributed by atoms with Crippen LogP contribution in [0.2, 0.25) is 0 Å². The van der Waals surface area contributed by atoms with Crippen molar-refractivity contribution in [2.75, 3.05) is 12.8 Å². The Kier molecular flexibility index (Phi) is 3.80. The van der Waals surface area contributed by atoms with Crippen molar-refractivity contribution in [3.63, 3.8) is 0 Å². The predicted octanol–water partition coefficient (Wildman–Crippen LogP) is 2.45. The fraction of sp³-hybridized carbons (Fsp3) is 0.231. The van der Waals surface area contributed by atoms with Crippen molar-refractivity contribution < 1.29 is 9.18 Å². The van der Waals surface area contributed by atoms with E-state index in [4.69, 9.17) is 5.73 Å². The van der Waals surface area contributed by atoms with Gasteiger partial charge in [0, 0.05) is 18.0 Å². The van der Waals surface area contributed by atoms with E-state index in [1.807, 2.05) is 12.3 Å². The average Bonchev–Trinajstić information content (AvgIpc) is 2.77. The van der Waals surface area contributed by atoms with Crippen molar-refractivity contribution in [2.24, 2.45) is 0 Å². The lowest BCUT2D eigenvalue weighted by Gasteiger charge is -2.16. The molecule has 6 heteroatoms. The Morgan fingerprint density at radius 2 is 2.26 bits per heavy atom. The topological polar surface area (TPSA) is 59.2 Å². The molecular weight excluding hydrogens is 265 g/mol. The van der Waals surface area contributed by atoms with Gasteiger partial charge in [-0.2, -0.15) is 0 Å². The number of aromatic nitrogens is 1. The van der Waals surface area contributed by atoms with Gasteiger partial charge < -0.3 is 10.6 Å². The molecule has 2 aromatic rings. The third-order valence-electron chi connectivity index (χ3n) is 2.66. The van der Waals surface area contributed by atoms with E-state index in [9.17, 15) is 9.18 Å². The van der Waals surface area contributed by atoms with Crippen LogP contribution in [0.1, 0.15) is 21.1 Å². The zero-order chi connectivity index (χ0) is 14.0. The van der Waals surface area contributed by atoms with E-state index in [2.05, 4.69) is 4.98 Å². The largest absolute Gasteiger partial charge is 0.396 e. The van der Waals surface area contributed by atoms with Crippen molar-refractivity contribution in [3.8, 4) is 0 Å². The van der Waals surface area contributed by atoms with Gasteiger partial charge in [-0.15, -0.1) is 11.3 Å². The number of benzene rings is 1. The molecule has 0 bridgehead atoms. The van der Waals surface area contributed by atoms with Crippen LogP contribution in [0.15, 0.2) is 23.6 Å². The molecule has 100 valence electrons. The summed E-state index contributed by atoms with van der Waals surface area (Å²) >= 11 is 1.54. The van der Waals surface area contributed by atoms with Crippen molar-refractivity contribution >= 4 is 22.9 Å². The molecular formula is C13H14FN3OS. The molecule has 19 heavy (non-hydrogen) atoms. The highest BCUT2D eigenvalue weighted by atomic mass is 32.1. The number of amides is 1. The molecule has 0 unspecified atom stereocenters. The van der Waals surface area contributed by atoms with Crippen molar-refractivity contribution in [1.82, 2.24) is 9.88 Å². The molecule has 1 amide bonds. The first-order chi connectivity index (χ1) is 8.97. The van der Waals surface area contributed by atoms with Gasteiger partial charge in [-0.05, 0) is 25.1 Å². The van der Waals surface area contributed by atoms with Crippen LogP contribution in [0.4, 0.5) is 10.1 Å². The van der Waals surface area contributed by atoms with E-state index in [0.717, 1.165) is 10.7 Å². The Balaban J connectivity index is 2.12. The number of rotatable bonds is 3. The second-order valence-corrected chi connectivity index (χ2v) is 5.32. The normalized spacial score (nSPS) is 10.5. The zero-order valence-electron chi connectivity index (χ0n) is 10.7. The van der Waals surface area contributed by atoms with Gasteiger partial charge in [-0.3, -0.25) is 4.79 Å². The van der Waals surface area contributed by atoms with Gasteiger partial charge in [0.25, 0.3) is 5.91 Å². The SMILES string of the molecule is Cc1nc(CN(C)C(=O)c2ccc(F)c(N)c2)cs1. The average molecular weight is 279 g/mol. The maximum absolute atomic E-state index is 13.1. The summed E-state index contributed by atoms with van der Waals surface area (Å²) in [6.45, 7) is 2.33. The molecule has 0 saturated carbocycles. The molecule has 1 aromatic carbocycles. The van der Waals surface area contributed by atoms with E-state index >= 15 is 0 Å². The van der Waals surface area contributed by atoms with E-state index in [0.29, 0.717) is 12.1 Å². The lowest BCUT2D eigenvalue weighted by Crippen LogP contribution is -2.26. The molecule has 0 saturated heterocycles. The molecule has 0 aliphatic rings. The van der Waals surface area contributed by atoms with E-state index in [1.54, 1.807) is 7.05 Å². The lowest BCUT2D eigenvalue weighted by atomic mass is 10.1. The monoisotopic (exact) mass is 279 g/mol. The second kappa shape index (κ2) is 5.36. The number of thiazole rings is 1. The first-order valence-corrected chi connectivity index (χ1v) is 6.57. The highest BCUT2D eigenvalue weighted by Crippen LogP contribution is 2.15. The third kappa shape index (κ3) is 3.08. The predicted molar refractivity (Wildman–Crippen MR) is 73.5 cm³/mol. The first-order valence-electron chi connectivity index (χ1n) is 5.69. The number of hydrogen-bond donors (Lipinski definition) is 1. The maximum atomic E-state index is 13.1. The molecule has 0 radical (unpaired) electrons. The number of hydrogen-bond acceptors (Lipinski definition) is 4. The summed E-state index contributed by atoms with van der Waals surface area (Å²) in [7, 11) is 1.68. The fourth-order valence-electron chi connectivity index (χ4n) is 1.69. The molecule has 1 heterocycles. The van der Waals surface area contributed by atoms with Crippen molar-refractivity contribution in [2.45, 2.75) is 13.5 Å². The number of halogens is 1. The molecule has 2 rings (SSSR count). The number of aryl methyl sites for hydroxylation is 1. The van der Waals surface area contributed by atoms with Crippen LogP contribution >= 0.6 is 11.3 Å². The smallest absolute Gasteiger partial charge is 0.254 e. The maximum Gasteiger partial charge on any atom is 0.254 e. The summed E-state index contributed by atoms with van der Waals surface area (Å²) in [6, 6.07) is 3.97. The number of nitrogens with zero attached hydrogens (tertiary/aromatic N) is 2. The Hall–Kier alpha value is -1.95. The number of anilines is 1. The minimum atomic E-state index is -0.519. The summed E-state index contributed by atoms with van der Waals surface area (Å²) in [5.41, 5.74) is 6.64. The standard InChI is InChI=1S/C13H14FN3OS/c1-8-16-10(7-19-8)6-17(2)13(18)9-3-4-11(14)12(15)5-9/h3-5,7H,6,15H2,1-2H3. The Morgan fingerprint density at radius 1 is 1.53 bits per heavy atom. The van der Waals surface area contributed by atoms with E-state index in [1.165, 1.54) is 34.4 Å². The Morgan fingerprint density at radius 3 is 2.84 bits per heavy atom. The minimum absolute atomic E-state index is 0.0243. The summed E-state index contributed by atoms with van der Waals surface area (Å²) in [6.07, 6.45) is 0. The molecule has 0 aliphatic carbocycles. The Labute approximate surface area is 114 Å². The van der Waals surface area contributed by atoms with Crippen LogP contribution in [-0.2, 0) is 6.54 Å². The highest BCUT2D eigenvalue weighted by molar-refractivity contribution is 7.09. The quantitative estimate of drug-likeness (QED) is 0.878. The van der Waals surface area contributed by atoms with E-state index in [-0.39, 0.29) is 11.6 Å². The van der Waals surface area contributed by atoms with Gasteiger partial charge in [-0.25, -0.2) is 9.37 Å².